The average molecular weight is 349 g/mol. The number of hydrogen-bond acceptors (Lipinski definition) is 3. The van der Waals surface area contributed by atoms with Crippen LogP contribution in [-0.4, -0.2) is 37.7 Å². The summed E-state index contributed by atoms with van der Waals surface area (Å²) in [5, 5.41) is 8.33. The SMILES string of the molecule is CC(C)COCCCNC(=O)C(NC(=O)Nc1ccccc1)C(C)C. The lowest BCUT2D eigenvalue weighted by molar-refractivity contribution is -0.123. The van der Waals surface area contributed by atoms with Crippen molar-refractivity contribution in [3.05, 3.63) is 30.3 Å². The van der Waals surface area contributed by atoms with Crippen molar-refractivity contribution < 1.29 is 14.3 Å². The van der Waals surface area contributed by atoms with Crippen molar-refractivity contribution in [2.45, 2.75) is 40.2 Å². The van der Waals surface area contributed by atoms with Crippen molar-refractivity contribution in [1.82, 2.24) is 10.6 Å². The van der Waals surface area contributed by atoms with Crippen LogP contribution in [0.4, 0.5) is 10.5 Å². The summed E-state index contributed by atoms with van der Waals surface area (Å²) in [4.78, 5) is 24.4. The Kier molecular flexibility index (Phi) is 9.62. The van der Waals surface area contributed by atoms with E-state index in [9.17, 15) is 9.59 Å². The zero-order valence-corrected chi connectivity index (χ0v) is 15.7. The zero-order chi connectivity index (χ0) is 18.7. The monoisotopic (exact) mass is 349 g/mol. The van der Waals surface area contributed by atoms with Crippen LogP contribution in [0.15, 0.2) is 30.3 Å². The fourth-order valence-corrected chi connectivity index (χ4v) is 2.18. The van der Waals surface area contributed by atoms with Crippen LogP contribution in [0.2, 0.25) is 0 Å². The summed E-state index contributed by atoms with van der Waals surface area (Å²) in [6.07, 6.45) is 0.749. The number of benzene rings is 1. The highest BCUT2D eigenvalue weighted by Crippen LogP contribution is 2.06. The molecule has 0 saturated carbocycles. The van der Waals surface area contributed by atoms with Gasteiger partial charge in [-0.1, -0.05) is 45.9 Å². The van der Waals surface area contributed by atoms with Gasteiger partial charge in [-0.3, -0.25) is 4.79 Å². The molecule has 6 heteroatoms. The van der Waals surface area contributed by atoms with Gasteiger partial charge in [-0.05, 0) is 30.4 Å². The lowest BCUT2D eigenvalue weighted by atomic mass is 10.0. The molecule has 0 aliphatic heterocycles. The maximum absolute atomic E-state index is 12.3. The molecule has 0 spiro atoms. The fourth-order valence-electron chi connectivity index (χ4n) is 2.18. The highest BCUT2D eigenvalue weighted by atomic mass is 16.5. The van der Waals surface area contributed by atoms with Gasteiger partial charge in [0, 0.05) is 25.4 Å². The smallest absolute Gasteiger partial charge is 0.319 e. The molecule has 0 aliphatic rings. The number of carbonyl (C=O) groups excluding carboxylic acids is 2. The Bertz CT molecular complexity index is 518. The van der Waals surface area contributed by atoms with E-state index < -0.39 is 6.04 Å². The summed E-state index contributed by atoms with van der Waals surface area (Å²) >= 11 is 0. The first kappa shape index (κ1) is 21.0. The second kappa shape index (κ2) is 11.5. The molecule has 140 valence electrons. The van der Waals surface area contributed by atoms with Crippen molar-refractivity contribution in [3.63, 3.8) is 0 Å². The number of carbonyl (C=O) groups is 2. The van der Waals surface area contributed by atoms with Crippen LogP contribution >= 0.6 is 0 Å². The molecule has 0 fully saturated rings. The predicted octanol–water partition coefficient (Wildman–Crippen LogP) is 3.01. The Labute approximate surface area is 150 Å². The molecule has 3 amide bonds. The number of nitrogens with one attached hydrogen (secondary N) is 3. The molecule has 3 N–H and O–H groups in total. The van der Waals surface area contributed by atoms with Crippen LogP contribution in [0.1, 0.15) is 34.1 Å². The van der Waals surface area contributed by atoms with E-state index in [1.165, 1.54) is 0 Å². The Balaban J connectivity index is 2.36. The zero-order valence-electron chi connectivity index (χ0n) is 15.7. The first-order valence-electron chi connectivity index (χ1n) is 8.88. The van der Waals surface area contributed by atoms with Gasteiger partial charge in [-0.25, -0.2) is 4.79 Å². The number of anilines is 1. The minimum Gasteiger partial charge on any atom is -0.381 e. The average Bonchev–Trinajstić information content (AvgIpc) is 2.56. The molecule has 6 nitrogen and oxygen atoms in total. The lowest BCUT2D eigenvalue weighted by Gasteiger charge is -2.22. The van der Waals surface area contributed by atoms with Gasteiger partial charge in [0.15, 0.2) is 0 Å². The molecule has 25 heavy (non-hydrogen) atoms. The molecule has 1 aromatic rings. The maximum atomic E-state index is 12.3. The van der Waals surface area contributed by atoms with Crippen molar-refractivity contribution >= 4 is 17.6 Å². The standard InChI is InChI=1S/C19H31N3O3/c1-14(2)13-25-12-8-11-20-18(23)17(15(3)4)22-19(24)21-16-9-6-5-7-10-16/h5-7,9-10,14-15,17H,8,11-13H2,1-4H3,(H,20,23)(H2,21,22,24). The molecule has 0 saturated heterocycles. The van der Waals surface area contributed by atoms with Gasteiger partial charge in [0.05, 0.1) is 0 Å². The molecular formula is C19H31N3O3. The van der Waals surface area contributed by atoms with Gasteiger partial charge in [0.2, 0.25) is 5.91 Å². The number of amides is 3. The summed E-state index contributed by atoms with van der Waals surface area (Å²) in [7, 11) is 0. The maximum Gasteiger partial charge on any atom is 0.319 e. The lowest BCUT2D eigenvalue weighted by Crippen LogP contribution is -2.51. The third kappa shape index (κ3) is 9.10. The van der Waals surface area contributed by atoms with E-state index in [2.05, 4.69) is 29.8 Å². The number of urea groups is 1. The molecule has 0 aromatic heterocycles. The molecule has 1 aromatic carbocycles. The minimum absolute atomic E-state index is 0.0151. The quantitative estimate of drug-likeness (QED) is 0.568. The van der Waals surface area contributed by atoms with Crippen molar-refractivity contribution in [3.8, 4) is 0 Å². The highest BCUT2D eigenvalue weighted by molar-refractivity contribution is 5.93. The highest BCUT2D eigenvalue weighted by Gasteiger charge is 2.23. The predicted molar refractivity (Wildman–Crippen MR) is 101 cm³/mol. The van der Waals surface area contributed by atoms with Crippen molar-refractivity contribution in [1.29, 1.82) is 0 Å². The van der Waals surface area contributed by atoms with E-state index in [0.29, 0.717) is 24.8 Å². The van der Waals surface area contributed by atoms with Crippen LogP contribution in [0.5, 0.6) is 0 Å². The van der Waals surface area contributed by atoms with Crippen LogP contribution in [0, 0.1) is 11.8 Å². The molecule has 0 radical (unpaired) electrons. The summed E-state index contributed by atoms with van der Waals surface area (Å²) in [6.45, 7) is 9.87. The summed E-state index contributed by atoms with van der Waals surface area (Å²) in [5.41, 5.74) is 0.685. The van der Waals surface area contributed by atoms with Gasteiger partial charge < -0.3 is 20.7 Å². The number of rotatable bonds is 10. The third-order valence-electron chi connectivity index (χ3n) is 3.48. The topological polar surface area (TPSA) is 79.5 Å². The number of ether oxygens (including phenoxy) is 1. The Morgan fingerprint density at radius 1 is 1.08 bits per heavy atom. The second-order valence-corrected chi connectivity index (χ2v) is 6.80. The number of para-hydroxylation sites is 1. The minimum atomic E-state index is -0.583. The Hall–Kier alpha value is -2.08. The molecule has 0 bridgehead atoms. The van der Waals surface area contributed by atoms with Crippen LogP contribution in [0.25, 0.3) is 0 Å². The Morgan fingerprint density at radius 2 is 1.76 bits per heavy atom. The van der Waals surface area contributed by atoms with Gasteiger partial charge >= 0.3 is 6.03 Å². The van der Waals surface area contributed by atoms with Crippen LogP contribution in [-0.2, 0) is 9.53 Å². The van der Waals surface area contributed by atoms with Crippen LogP contribution < -0.4 is 16.0 Å². The molecule has 0 aliphatic carbocycles. The van der Waals surface area contributed by atoms with Gasteiger partial charge in [-0.2, -0.15) is 0 Å². The molecule has 0 heterocycles. The van der Waals surface area contributed by atoms with Crippen molar-refractivity contribution in [2.75, 3.05) is 25.1 Å². The molecular weight excluding hydrogens is 318 g/mol. The van der Waals surface area contributed by atoms with E-state index in [1.54, 1.807) is 12.1 Å². The van der Waals surface area contributed by atoms with Gasteiger partial charge in [0.25, 0.3) is 0 Å². The first-order valence-corrected chi connectivity index (χ1v) is 8.88. The third-order valence-corrected chi connectivity index (χ3v) is 3.48. The summed E-state index contributed by atoms with van der Waals surface area (Å²) < 4.78 is 5.48. The Morgan fingerprint density at radius 3 is 2.36 bits per heavy atom. The van der Waals surface area contributed by atoms with Crippen LogP contribution in [0.3, 0.4) is 0 Å². The summed E-state index contributed by atoms with van der Waals surface area (Å²) in [5.74, 6) is 0.313. The van der Waals surface area contributed by atoms with E-state index in [4.69, 9.17) is 4.74 Å². The van der Waals surface area contributed by atoms with E-state index in [-0.39, 0.29) is 17.9 Å². The first-order chi connectivity index (χ1) is 11.9. The number of hydrogen-bond donors (Lipinski definition) is 3. The van der Waals surface area contributed by atoms with Crippen molar-refractivity contribution in [2.24, 2.45) is 11.8 Å². The second-order valence-electron chi connectivity index (χ2n) is 6.80. The normalized spacial score (nSPS) is 12.1. The van der Waals surface area contributed by atoms with E-state index in [0.717, 1.165) is 13.0 Å². The van der Waals surface area contributed by atoms with Gasteiger partial charge in [0.1, 0.15) is 6.04 Å². The fraction of sp³-hybridized carbons (Fsp3) is 0.579. The van der Waals surface area contributed by atoms with E-state index >= 15 is 0 Å². The largest absolute Gasteiger partial charge is 0.381 e. The van der Waals surface area contributed by atoms with Gasteiger partial charge in [-0.15, -0.1) is 0 Å². The molecule has 1 atom stereocenters. The molecule has 1 unspecified atom stereocenters. The van der Waals surface area contributed by atoms with E-state index in [1.807, 2.05) is 32.0 Å². The summed E-state index contributed by atoms with van der Waals surface area (Å²) in [6, 6.07) is 8.16. The molecule has 1 rings (SSSR count).